The molecule has 0 fully saturated rings. The van der Waals surface area contributed by atoms with E-state index in [1.807, 2.05) is 60.8 Å². The van der Waals surface area contributed by atoms with E-state index in [1.54, 1.807) is 12.4 Å². The van der Waals surface area contributed by atoms with Crippen molar-refractivity contribution in [3.05, 3.63) is 72.6 Å². The SMILES string of the molecule is C(=N/Nc1nncc(-c2ccccc2)n1)/c1c[nH]c2ccccc12. The Bertz CT molecular complexity index is 991. The van der Waals surface area contributed by atoms with Crippen LogP contribution in [0.3, 0.4) is 0 Å². The highest BCUT2D eigenvalue weighted by molar-refractivity contribution is 5.99. The molecule has 2 N–H and O–H groups in total. The summed E-state index contributed by atoms with van der Waals surface area (Å²) in [5.74, 6) is 0.354. The number of nitrogens with zero attached hydrogens (tertiary/aromatic N) is 4. The summed E-state index contributed by atoms with van der Waals surface area (Å²) in [6.45, 7) is 0. The second-order valence-corrected chi connectivity index (χ2v) is 5.19. The lowest BCUT2D eigenvalue weighted by molar-refractivity contribution is 0.967. The summed E-state index contributed by atoms with van der Waals surface area (Å²) in [6, 6.07) is 17.9. The number of hydrogen-bond acceptors (Lipinski definition) is 5. The first-order valence-electron chi connectivity index (χ1n) is 7.50. The molecule has 0 radical (unpaired) electrons. The first kappa shape index (κ1) is 14.1. The van der Waals surface area contributed by atoms with Crippen LogP contribution in [0.2, 0.25) is 0 Å². The van der Waals surface area contributed by atoms with Crippen molar-refractivity contribution in [2.24, 2.45) is 5.10 Å². The van der Waals surface area contributed by atoms with Crippen LogP contribution in [0.15, 0.2) is 72.1 Å². The molecule has 2 heterocycles. The Kier molecular flexibility index (Phi) is 3.69. The Morgan fingerprint density at radius 1 is 1.00 bits per heavy atom. The summed E-state index contributed by atoms with van der Waals surface area (Å²) >= 11 is 0. The van der Waals surface area contributed by atoms with E-state index in [9.17, 15) is 0 Å². The van der Waals surface area contributed by atoms with Gasteiger partial charge in [-0.3, -0.25) is 0 Å². The monoisotopic (exact) mass is 314 g/mol. The van der Waals surface area contributed by atoms with Gasteiger partial charge in [-0.2, -0.15) is 10.2 Å². The van der Waals surface area contributed by atoms with E-state index in [4.69, 9.17) is 0 Å². The molecule has 6 heteroatoms. The summed E-state index contributed by atoms with van der Waals surface area (Å²) in [5.41, 5.74) is 6.62. The normalized spacial score (nSPS) is 11.2. The minimum absolute atomic E-state index is 0.354. The largest absolute Gasteiger partial charge is 0.361 e. The number of benzene rings is 2. The predicted molar refractivity (Wildman–Crippen MR) is 94.8 cm³/mol. The lowest BCUT2D eigenvalue weighted by atomic mass is 10.2. The number of para-hydroxylation sites is 1. The van der Waals surface area contributed by atoms with Crippen LogP contribution in [0.4, 0.5) is 5.95 Å². The second kappa shape index (κ2) is 6.29. The average molecular weight is 314 g/mol. The zero-order chi connectivity index (χ0) is 16.2. The molecule has 0 spiro atoms. The van der Waals surface area contributed by atoms with Crippen molar-refractivity contribution >= 4 is 23.1 Å². The molecule has 0 saturated carbocycles. The number of aromatic amines is 1. The van der Waals surface area contributed by atoms with E-state index in [1.165, 1.54) is 0 Å². The molecule has 6 nitrogen and oxygen atoms in total. The molecule has 0 aliphatic heterocycles. The lowest BCUT2D eigenvalue weighted by Gasteiger charge is -2.01. The van der Waals surface area contributed by atoms with Crippen LogP contribution in [0, 0.1) is 0 Å². The average Bonchev–Trinajstić information content (AvgIpc) is 3.06. The predicted octanol–water partition coefficient (Wildman–Crippen LogP) is 3.47. The maximum absolute atomic E-state index is 4.42. The minimum atomic E-state index is 0.354. The van der Waals surface area contributed by atoms with Crippen LogP contribution in [0.1, 0.15) is 5.56 Å². The van der Waals surface area contributed by atoms with Gasteiger partial charge in [-0.1, -0.05) is 48.5 Å². The van der Waals surface area contributed by atoms with Crippen molar-refractivity contribution in [2.75, 3.05) is 5.43 Å². The third-order valence-corrected chi connectivity index (χ3v) is 3.62. The zero-order valence-corrected chi connectivity index (χ0v) is 12.7. The van der Waals surface area contributed by atoms with Crippen LogP contribution in [0.5, 0.6) is 0 Å². The van der Waals surface area contributed by atoms with Crippen molar-refractivity contribution in [1.29, 1.82) is 0 Å². The van der Waals surface area contributed by atoms with E-state index in [0.717, 1.165) is 27.7 Å². The molecule has 4 rings (SSSR count). The number of H-pyrrole nitrogens is 1. The van der Waals surface area contributed by atoms with Crippen LogP contribution < -0.4 is 5.43 Å². The molecule has 2 aromatic carbocycles. The van der Waals surface area contributed by atoms with Gasteiger partial charge in [0.15, 0.2) is 0 Å². The Morgan fingerprint density at radius 3 is 2.75 bits per heavy atom. The van der Waals surface area contributed by atoms with Gasteiger partial charge in [0.25, 0.3) is 5.95 Å². The van der Waals surface area contributed by atoms with E-state index >= 15 is 0 Å². The van der Waals surface area contributed by atoms with Crippen LogP contribution in [-0.4, -0.2) is 26.4 Å². The summed E-state index contributed by atoms with van der Waals surface area (Å²) in [4.78, 5) is 7.62. The lowest BCUT2D eigenvalue weighted by Crippen LogP contribution is -1.99. The summed E-state index contributed by atoms with van der Waals surface area (Å²) < 4.78 is 0. The number of fused-ring (bicyclic) bond motifs is 1. The molecule has 0 aliphatic carbocycles. The van der Waals surface area contributed by atoms with Gasteiger partial charge in [-0.15, -0.1) is 5.10 Å². The van der Waals surface area contributed by atoms with Crippen molar-refractivity contribution in [3.63, 3.8) is 0 Å². The molecule has 24 heavy (non-hydrogen) atoms. The maximum atomic E-state index is 4.42. The number of rotatable bonds is 4. The summed E-state index contributed by atoms with van der Waals surface area (Å²) in [6.07, 6.45) is 5.27. The van der Waals surface area contributed by atoms with Crippen molar-refractivity contribution in [2.45, 2.75) is 0 Å². The fourth-order valence-corrected chi connectivity index (χ4v) is 2.46. The molecular formula is C18H14N6. The third-order valence-electron chi connectivity index (χ3n) is 3.62. The minimum Gasteiger partial charge on any atom is -0.361 e. The Labute approximate surface area is 138 Å². The van der Waals surface area contributed by atoms with Gasteiger partial charge >= 0.3 is 0 Å². The smallest absolute Gasteiger partial charge is 0.263 e. The van der Waals surface area contributed by atoms with Gasteiger partial charge < -0.3 is 4.98 Å². The quantitative estimate of drug-likeness (QED) is 0.446. The Morgan fingerprint density at radius 2 is 1.83 bits per heavy atom. The van der Waals surface area contributed by atoms with Crippen molar-refractivity contribution in [1.82, 2.24) is 20.2 Å². The van der Waals surface area contributed by atoms with Gasteiger partial charge in [-0.05, 0) is 6.07 Å². The maximum Gasteiger partial charge on any atom is 0.263 e. The van der Waals surface area contributed by atoms with Crippen LogP contribution in [-0.2, 0) is 0 Å². The topological polar surface area (TPSA) is 78.8 Å². The molecule has 4 aromatic rings. The van der Waals surface area contributed by atoms with Crippen molar-refractivity contribution < 1.29 is 0 Å². The molecule has 116 valence electrons. The first-order valence-corrected chi connectivity index (χ1v) is 7.50. The Balaban J connectivity index is 1.54. The molecular weight excluding hydrogens is 300 g/mol. The third kappa shape index (κ3) is 2.85. The van der Waals surface area contributed by atoms with Gasteiger partial charge in [0, 0.05) is 28.2 Å². The van der Waals surface area contributed by atoms with E-state index < -0.39 is 0 Å². The van der Waals surface area contributed by atoms with E-state index in [2.05, 4.69) is 30.7 Å². The van der Waals surface area contributed by atoms with Crippen LogP contribution in [0.25, 0.3) is 22.2 Å². The molecule has 0 bridgehead atoms. The molecule has 0 atom stereocenters. The number of anilines is 1. The standard InChI is InChI=1S/C18H14N6/c1-2-6-13(7-3-1)17-12-21-24-18(22-17)23-20-11-14-10-19-16-9-5-4-8-15(14)16/h1-12,19H,(H,22,23,24)/b20-11-. The van der Waals surface area contributed by atoms with Crippen LogP contribution >= 0.6 is 0 Å². The van der Waals surface area contributed by atoms with E-state index in [-0.39, 0.29) is 0 Å². The van der Waals surface area contributed by atoms with Crippen molar-refractivity contribution in [3.8, 4) is 11.3 Å². The molecule has 0 unspecified atom stereocenters. The molecule has 0 amide bonds. The number of aromatic nitrogens is 4. The van der Waals surface area contributed by atoms with Gasteiger partial charge in [0.05, 0.1) is 18.1 Å². The molecule has 0 saturated heterocycles. The molecule has 0 aliphatic rings. The number of hydrazone groups is 1. The summed E-state index contributed by atoms with van der Waals surface area (Å²) in [7, 11) is 0. The highest BCUT2D eigenvalue weighted by Crippen LogP contribution is 2.17. The fourth-order valence-electron chi connectivity index (χ4n) is 2.46. The fraction of sp³-hybridized carbons (Fsp3) is 0. The highest BCUT2D eigenvalue weighted by Gasteiger charge is 2.02. The summed E-state index contributed by atoms with van der Waals surface area (Å²) in [5, 5.41) is 13.2. The van der Waals surface area contributed by atoms with Gasteiger partial charge in [-0.25, -0.2) is 10.4 Å². The highest BCUT2D eigenvalue weighted by atomic mass is 15.4. The second-order valence-electron chi connectivity index (χ2n) is 5.19. The first-order chi connectivity index (χ1) is 11.9. The van der Waals surface area contributed by atoms with E-state index in [0.29, 0.717) is 5.95 Å². The van der Waals surface area contributed by atoms with Gasteiger partial charge in [0.1, 0.15) is 0 Å². The van der Waals surface area contributed by atoms with Gasteiger partial charge in [0.2, 0.25) is 0 Å². The zero-order valence-electron chi connectivity index (χ0n) is 12.7. The number of hydrogen-bond donors (Lipinski definition) is 2. The number of nitrogens with one attached hydrogen (secondary N) is 2. The Hall–Kier alpha value is -3.54. The molecule has 2 aromatic heterocycles.